The highest BCUT2D eigenvalue weighted by atomic mass is 32.1. The van der Waals surface area contributed by atoms with Crippen molar-refractivity contribution in [3.8, 4) is 0 Å². The molecule has 0 spiro atoms. The molecule has 0 aromatic carbocycles. The molecular weight excluding hydrogens is 374 g/mol. The number of nitrogens with zero attached hydrogens (tertiary/aromatic N) is 4. The van der Waals surface area contributed by atoms with Crippen LogP contribution in [0, 0.1) is 11.3 Å². The zero-order valence-corrected chi connectivity index (χ0v) is 17.5. The second-order valence-corrected chi connectivity index (χ2v) is 9.20. The molecule has 0 aliphatic heterocycles. The van der Waals surface area contributed by atoms with Crippen molar-refractivity contribution >= 4 is 39.0 Å². The second kappa shape index (κ2) is 6.84. The molecule has 0 fully saturated rings. The number of rotatable bonds is 4. The minimum atomic E-state index is -0.430. The number of aryl methyl sites for hydroxylation is 2. The normalized spacial score (nSPS) is 17.9. The highest BCUT2D eigenvalue weighted by Crippen LogP contribution is 2.42. The van der Waals surface area contributed by atoms with Gasteiger partial charge in [-0.3, -0.25) is 4.52 Å². The van der Waals surface area contributed by atoms with E-state index >= 15 is 0 Å². The van der Waals surface area contributed by atoms with E-state index in [4.69, 9.17) is 15.2 Å². The molecule has 1 unspecified atom stereocenters. The first-order chi connectivity index (χ1) is 13.3. The van der Waals surface area contributed by atoms with Crippen LogP contribution in [0.5, 0.6) is 0 Å². The van der Waals surface area contributed by atoms with Crippen LogP contribution in [0.15, 0.2) is 21.8 Å². The fraction of sp³-hybridized carbons (Fsp3) is 0.500. The smallest absolute Gasteiger partial charge is 0.320 e. The molecule has 1 atom stereocenters. The molecule has 7 nitrogen and oxygen atoms in total. The van der Waals surface area contributed by atoms with Gasteiger partial charge in [0.15, 0.2) is 12.3 Å². The van der Waals surface area contributed by atoms with Crippen molar-refractivity contribution in [3.63, 3.8) is 0 Å². The largest absolute Gasteiger partial charge is 0.857 e. The van der Waals surface area contributed by atoms with E-state index in [1.165, 1.54) is 27.8 Å². The number of pyridine rings is 1. The first-order valence-electron chi connectivity index (χ1n) is 9.58. The van der Waals surface area contributed by atoms with Crippen molar-refractivity contribution < 1.29 is 14.3 Å². The van der Waals surface area contributed by atoms with Crippen molar-refractivity contribution in [2.75, 3.05) is 5.73 Å². The third-order valence-corrected chi connectivity index (χ3v) is 7.17. The molecule has 3 heterocycles. The van der Waals surface area contributed by atoms with Gasteiger partial charge in [0.2, 0.25) is 0 Å². The Morgan fingerprint density at radius 1 is 1.50 bits per heavy atom. The van der Waals surface area contributed by atoms with E-state index in [9.17, 15) is 5.11 Å². The number of fused-ring (bicyclic) bond motifs is 2. The van der Waals surface area contributed by atoms with Crippen LogP contribution >= 0.6 is 11.3 Å². The van der Waals surface area contributed by atoms with E-state index in [2.05, 4.69) is 37.1 Å². The first-order valence-corrected chi connectivity index (χ1v) is 10.4. The summed E-state index contributed by atoms with van der Waals surface area (Å²) in [5.74, 6) is 0.355. The highest BCUT2D eigenvalue weighted by Gasteiger charge is 2.32. The molecule has 2 N–H and O–H groups in total. The van der Waals surface area contributed by atoms with Gasteiger partial charge in [0.25, 0.3) is 6.20 Å². The molecule has 8 heteroatoms. The van der Waals surface area contributed by atoms with Gasteiger partial charge in [-0.15, -0.1) is 11.3 Å². The Hall–Kier alpha value is -2.48. The number of hydrogen-bond donors (Lipinski definition) is 1. The van der Waals surface area contributed by atoms with E-state index in [1.54, 1.807) is 7.05 Å². The van der Waals surface area contributed by atoms with E-state index in [0.29, 0.717) is 21.9 Å². The minimum Gasteiger partial charge on any atom is -0.857 e. The molecule has 0 bridgehead atoms. The van der Waals surface area contributed by atoms with Crippen LogP contribution in [0.2, 0.25) is 0 Å². The Morgan fingerprint density at radius 3 is 2.96 bits per heavy atom. The van der Waals surface area contributed by atoms with E-state index < -0.39 is 5.90 Å². The lowest BCUT2D eigenvalue weighted by Gasteiger charge is -2.36. The topological polar surface area (TPSA) is 104 Å². The zero-order chi connectivity index (χ0) is 20.1. The molecule has 3 aromatic heterocycles. The number of aromatic nitrogens is 3. The predicted molar refractivity (Wildman–Crippen MR) is 107 cm³/mol. The van der Waals surface area contributed by atoms with E-state index in [0.717, 1.165) is 41.6 Å². The van der Waals surface area contributed by atoms with Crippen molar-refractivity contribution in [2.45, 2.75) is 46.5 Å². The fourth-order valence-corrected chi connectivity index (χ4v) is 4.80. The maximum Gasteiger partial charge on any atom is 0.320 e. The molecule has 0 amide bonds. The molecule has 3 aromatic rings. The summed E-state index contributed by atoms with van der Waals surface area (Å²) in [6, 6.07) is 2.13. The average Bonchev–Trinajstić information content (AvgIpc) is 3.22. The third kappa shape index (κ3) is 3.26. The zero-order valence-electron chi connectivity index (χ0n) is 16.7. The SMILES string of the molecule is CCC(C)(C)C1CCc2nc3sc(/C([O-])=N/c4c[n+](C)no4)c(N)c3cc2C1. The number of aliphatic imine (C=N–C) groups is 1. The first kappa shape index (κ1) is 18.9. The van der Waals surface area contributed by atoms with Crippen LogP contribution in [-0.2, 0) is 19.9 Å². The van der Waals surface area contributed by atoms with Crippen LogP contribution in [0.3, 0.4) is 0 Å². The molecule has 4 rings (SSSR count). The number of thiophene rings is 1. The van der Waals surface area contributed by atoms with Gasteiger partial charge in [-0.1, -0.05) is 31.9 Å². The Kier molecular flexibility index (Phi) is 4.61. The maximum atomic E-state index is 12.6. The van der Waals surface area contributed by atoms with Crippen LogP contribution in [0.4, 0.5) is 11.6 Å². The van der Waals surface area contributed by atoms with Gasteiger partial charge in [0, 0.05) is 17.0 Å². The number of nitrogens with two attached hydrogens (primary N) is 1. The van der Waals surface area contributed by atoms with E-state index in [1.807, 2.05) is 0 Å². The molecular formula is C20H25N5O2S. The molecule has 148 valence electrons. The van der Waals surface area contributed by atoms with Gasteiger partial charge in [-0.25, -0.2) is 9.98 Å². The maximum absolute atomic E-state index is 12.6. The molecule has 1 aliphatic rings. The lowest BCUT2D eigenvalue weighted by atomic mass is 9.69. The van der Waals surface area contributed by atoms with Crippen LogP contribution in [0.1, 0.15) is 49.7 Å². The van der Waals surface area contributed by atoms with Gasteiger partial charge in [0.1, 0.15) is 4.83 Å². The summed E-state index contributed by atoms with van der Waals surface area (Å²) in [5, 5.41) is 17.1. The van der Waals surface area contributed by atoms with Crippen molar-refractivity contribution in [1.29, 1.82) is 0 Å². The summed E-state index contributed by atoms with van der Waals surface area (Å²) in [6.07, 6.45) is 5.82. The Bertz CT molecular complexity index is 1070. The lowest BCUT2D eigenvalue weighted by molar-refractivity contribution is -0.739. The second-order valence-electron chi connectivity index (χ2n) is 8.20. The van der Waals surface area contributed by atoms with Crippen LogP contribution in [-0.4, -0.2) is 16.2 Å². The van der Waals surface area contributed by atoms with E-state index in [-0.39, 0.29) is 5.88 Å². The van der Waals surface area contributed by atoms with Gasteiger partial charge in [-0.2, -0.15) is 0 Å². The minimum absolute atomic E-state index is 0.154. The summed E-state index contributed by atoms with van der Waals surface area (Å²) in [7, 11) is 1.70. The Balaban J connectivity index is 1.72. The molecule has 0 radical (unpaired) electrons. The van der Waals surface area contributed by atoms with Gasteiger partial charge in [-0.05, 0) is 42.2 Å². The summed E-state index contributed by atoms with van der Waals surface area (Å²) in [6.45, 7) is 6.94. The Labute approximate surface area is 167 Å². The molecule has 0 saturated heterocycles. The van der Waals surface area contributed by atoms with Crippen molar-refractivity contribution in [1.82, 2.24) is 10.3 Å². The van der Waals surface area contributed by atoms with Gasteiger partial charge in [0.05, 0.1) is 10.6 Å². The predicted octanol–water partition coefficient (Wildman–Crippen LogP) is 2.67. The Morgan fingerprint density at radius 2 is 2.29 bits per heavy atom. The van der Waals surface area contributed by atoms with Gasteiger partial charge < -0.3 is 10.8 Å². The van der Waals surface area contributed by atoms with Crippen LogP contribution in [0.25, 0.3) is 10.2 Å². The third-order valence-electron chi connectivity index (χ3n) is 6.07. The quantitative estimate of drug-likeness (QED) is 0.413. The standard InChI is InChI=1S/C20H25N5O2S/c1-5-20(2,3)12-6-7-14-11(8-12)9-13-16(21)17(28-19(13)22-14)18(26)23-15-10-25(4)24-27-15/h9-10,12H,5-8H2,1-4H3,(H2-,21,23,24,26). The average molecular weight is 400 g/mol. The van der Waals surface area contributed by atoms with Gasteiger partial charge >= 0.3 is 5.88 Å². The fourth-order valence-electron chi connectivity index (χ4n) is 3.82. The lowest BCUT2D eigenvalue weighted by Crippen LogP contribution is -2.29. The summed E-state index contributed by atoms with van der Waals surface area (Å²) in [5.41, 5.74) is 9.46. The summed E-state index contributed by atoms with van der Waals surface area (Å²) in [4.78, 5) is 10.0. The molecule has 0 saturated carbocycles. The number of anilines is 1. The highest BCUT2D eigenvalue weighted by molar-refractivity contribution is 7.21. The molecule has 28 heavy (non-hydrogen) atoms. The summed E-state index contributed by atoms with van der Waals surface area (Å²) >= 11 is 1.29. The van der Waals surface area contributed by atoms with Crippen molar-refractivity contribution in [2.24, 2.45) is 23.4 Å². The summed E-state index contributed by atoms with van der Waals surface area (Å²) < 4.78 is 6.43. The van der Waals surface area contributed by atoms with Crippen molar-refractivity contribution in [3.05, 3.63) is 28.4 Å². The number of nitrogen functional groups attached to an aromatic ring is 1. The van der Waals surface area contributed by atoms with Crippen LogP contribution < -0.4 is 15.5 Å². The number of hydrogen-bond acceptors (Lipinski definition) is 7. The monoisotopic (exact) mass is 399 g/mol. The molecule has 1 aliphatic carbocycles.